The smallest absolute Gasteiger partial charge is 0.318 e. The van der Waals surface area contributed by atoms with Gasteiger partial charge in [-0.2, -0.15) is 0 Å². The minimum atomic E-state index is -0.869. The Morgan fingerprint density at radius 1 is 1.58 bits per heavy atom. The number of thiophene rings is 1. The number of nitrogens with zero attached hydrogens (tertiary/aromatic N) is 2. The van der Waals surface area contributed by atoms with Gasteiger partial charge in [-0.05, 0) is 18.4 Å². The molecule has 100 valence electrons. The van der Waals surface area contributed by atoms with Gasteiger partial charge in [-0.3, -0.25) is 15.2 Å². The van der Waals surface area contributed by atoms with Crippen molar-refractivity contribution in [2.75, 3.05) is 0 Å². The van der Waals surface area contributed by atoms with E-state index in [-0.39, 0.29) is 0 Å². The van der Waals surface area contributed by atoms with Crippen LogP contribution in [0.3, 0.4) is 0 Å². The normalized spacial score (nSPS) is 12.1. The fourth-order valence-corrected chi connectivity index (χ4v) is 2.65. The first-order chi connectivity index (χ1) is 9.06. The molecule has 4 N–H and O–H groups in total. The van der Waals surface area contributed by atoms with Gasteiger partial charge in [0.05, 0.1) is 10.1 Å². The molecule has 0 aromatic carbocycles. The number of aromatic nitrogens is 3. The molecule has 0 saturated carbocycles. The topological polar surface area (TPSA) is 114 Å². The van der Waals surface area contributed by atoms with Crippen molar-refractivity contribution in [3.8, 4) is 10.7 Å². The molecule has 19 heavy (non-hydrogen) atoms. The Bertz CT molecular complexity index is 581. The number of primary amides is 1. The van der Waals surface area contributed by atoms with Crippen LogP contribution in [0, 0.1) is 0 Å². The third-order valence-corrected chi connectivity index (χ3v) is 3.95. The summed E-state index contributed by atoms with van der Waals surface area (Å²) in [5, 5.41) is 10.7. The highest BCUT2D eigenvalue weighted by Gasteiger charge is 2.18. The Kier molecular flexibility index (Phi) is 4.17. The van der Waals surface area contributed by atoms with Crippen LogP contribution in [0.5, 0.6) is 0 Å². The SMILES string of the molecule is C[C@H](Sc1n[nH]c(-c2cccs2)n1)C(=O)NC(N)=O. The van der Waals surface area contributed by atoms with Gasteiger partial charge in [0.1, 0.15) is 0 Å². The predicted molar refractivity (Wildman–Crippen MR) is 72.7 cm³/mol. The number of hydrogen-bond donors (Lipinski definition) is 3. The lowest BCUT2D eigenvalue weighted by Gasteiger charge is -2.06. The first kappa shape index (κ1) is 13.6. The van der Waals surface area contributed by atoms with E-state index in [0.717, 1.165) is 16.6 Å². The van der Waals surface area contributed by atoms with Gasteiger partial charge in [-0.15, -0.1) is 16.4 Å². The zero-order valence-corrected chi connectivity index (χ0v) is 11.5. The van der Waals surface area contributed by atoms with Gasteiger partial charge < -0.3 is 5.73 Å². The Hall–Kier alpha value is -1.87. The lowest BCUT2D eigenvalue weighted by atomic mass is 10.4. The average molecular weight is 297 g/mol. The maximum Gasteiger partial charge on any atom is 0.318 e. The molecular formula is C10H11N5O2S2. The van der Waals surface area contributed by atoms with Gasteiger partial charge in [-0.1, -0.05) is 17.8 Å². The van der Waals surface area contributed by atoms with Crippen LogP contribution < -0.4 is 11.1 Å². The predicted octanol–water partition coefficient (Wildman–Crippen LogP) is 1.21. The summed E-state index contributed by atoms with van der Waals surface area (Å²) in [6.45, 7) is 1.64. The molecule has 0 aliphatic rings. The number of imide groups is 1. The van der Waals surface area contributed by atoms with Crippen LogP contribution in [0.25, 0.3) is 10.7 Å². The van der Waals surface area contributed by atoms with Gasteiger partial charge in [0.2, 0.25) is 11.1 Å². The number of nitrogens with two attached hydrogens (primary N) is 1. The van der Waals surface area contributed by atoms with E-state index in [9.17, 15) is 9.59 Å². The first-order valence-corrected chi connectivity index (χ1v) is 7.05. The number of rotatable bonds is 4. The molecule has 7 nitrogen and oxygen atoms in total. The second-order valence-corrected chi connectivity index (χ2v) is 5.81. The number of thioether (sulfide) groups is 1. The van der Waals surface area contributed by atoms with Crippen LogP contribution in [0.2, 0.25) is 0 Å². The number of urea groups is 1. The van der Waals surface area contributed by atoms with Crippen LogP contribution >= 0.6 is 23.1 Å². The molecule has 9 heteroatoms. The number of aromatic amines is 1. The summed E-state index contributed by atoms with van der Waals surface area (Å²) in [7, 11) is 0. The molecule has 2 aromatic rings. The Morgan fingerprint density at radius 3 is 3.00 bits per heavy atom. The molecule has 2 heterocycles. The fourth-order valence-electron chi connectivity index (χ4n) is 1.26. The van der Waals surface area contributed by atoms with Crippen molar-refractivity contribution in [1.82, 2.24) is 20.5 Å². The summed E-state index contributed by atoms with van der Waals surface area (Å²) in [4.78, 5) is 27.3. The van der Waals surface area contributed by atoms with Crippen LogP contribution in [0.4, 0.5) is 4.79 Å². The number of carbonyl (C=O) groups excluding carboxylic acids is 2. The molecule has 0 bridgehead atoms. The van der Waals surface area contributed by atoms with E-state index in [4.69, 9.17) is 5.73 Å². The molecule has 0 radical (unpaired) electrons. The van der Waals surface area contributed by atoms with Crippen molar-refractivity contribution in [2.24, 2.45) is 5.73 Å². The lowest BCUT2D eigenvalue weighted by Crippen LogP contribution is -2.39. The summed E-state index contributed by atoms with van der Waals surface area (Å²) in [5.74, 6) is 0.181. The molecule has 0 saturated heterocycles. The summed E-state index contributed by atoms with van der Waals surface area (Å²) >= 11 is 2.68. The molecule has 3 amide bonds. The number of hydrogen-bond acceptors (Lipinski definition) is 6. The van der Waals surface area contributed by atoms with Gasteiger partial charge in [-0.25, -0.2) is 9.78 Å². The van der Waals surface area contributed by atoms with Crippen molar-refractivity contribution in [3.63, 3.8) is 0 Å². The Morgan fingerprint density at radius 2 is 2.37 bits per heavy atom. The van der Waals surface area contributed by atoms with Gasteiger partial charge in [0, 0.05) is 0 Å². The molecular weight excluding hydrogens is 286 g/mol. The molecule has 2 rings (SSSR count). The van der Waals surface area contributed by atoms with E-state index in [1.54, 1.807) is 6.92 Å². The monoisotopic (exact) mass is 297 g/mol. The first-order valence-electron chi connectivity index (χ1n) is 5.29. The van der Waals surface area contributed by atoms with Crippen LogP contribution in [-0.2, 0) is 4.79 Å². The standard InChI is InChI=1S/C10H11N5O2S2/c1-5(8(16)13-9(11)17)19-10-12-7(14-15-10)6-3-2-4-18-6/h2-5H,1H3,(H,12,14,15)(H3,11,13,16,17)/t5-/m0/s1. The molecule has 0 unspecified atom stereocenters. The molecule has 0 spiro atoms. The maximum atomic E-state index is 11.5. The van der Waals surface area contributed by atoms with Crippen LogP contribution in [0.15, 0.2) is 22.7 Å². The van der Waals surface area contributed by atoms with Crippen molar-refractivity contribution in [2.45, 2.75) is 17.3 Å². The van der Waals surface area contributed by atoms with Crippen molar-refractivity contribution in [1.29, 1.82) is 0 Å². The average Bonchev–Trinajstić information content (AvgIpc) is 2.96. The third kappa shape index (κ3) is 3.55. The Labute approximate surface area is 117 Å². The fraction of sp³-hybridized carbons (Fsp3) is 0.200. The van der Waals surface area contributed by atoms with Crippen LogP contribution in [-0.4, -0.2) is 32.4 Å². The maximum absolute atomic E-state index is 11.5. The van der Waals surface area contributed by atoms with Crippen molar-refractivity contribution in [3.05, 3.63) is 17.5 Å². The summed E-state index contributed by atoms with van der Waals surface area (Å²) in [6, 6.07) is 2.97. The largest absolute Gasteiger partial charge is 0.351 e. The third-order valence-electron chi connectivity index (χ3n) is 2.12. The number of amides is 3. The zero-order chi connectivity index (χ0) is 13.8. The van der Waals surface area contributed by atoms with E-state index >= 15 is 0 Å². The molecule has 0 aliphatic carbocycles. The van der Waals surface area contributed by atoms with Crippen molar-refractivity contribution >= 4 is 35.0 Å². The summed E-state index contributed by atoms with van der Waals surface area (Å²) in [5.41, 5.74) is 4.88. The summed E-state index contributed by atoms with van der Waals surface area (Å²) < 4.78 is 0. The molecule has 1 atom stereocenters. The minimum Gasteiger partial charge on any atom is -0.351 e. The molecule has 0 aliphatic heterocycles. The lowest BCUT2D eigenvalue weighted by molar-refractivity contribution is -0.119. The van der Waals surface area contributed by atoms with Gasteiger partial charge >= 0.3 is 6.03 Å². The highest BCUT2D eigenvalue weighted by atomic mass is 32.2. The van der Waals surface area contributed by atoms with E-state index in [0.29, 0.717) is 11.0 Å². The molecule has 0 fully saturated rings. The van der Waals surface area contributed by atoms with E-state index in [1.807, 2.05) is 22.8 Å². The second kappa shape index (κ2) is 5.85. The highest BCUT2D eigenvalue weighted by molar-refractivity contribution is 8.00. The van der Waals surface area contributed by atoms with E-state index < -0.39 is 17.2 Å². The highest BCUT2D eigenvalue weighted by Crippen LogP contribution is 2.25. The van der Waals surface area contributed by atoms with Gasteiger partial charge in [0.25, 0.3) is 0 Å². The van der Waals surface area contributed by atoms with Crippen LogP contribution in [0.1, 0.15) is 6.92 Å². The number of carbonyl (C=O) groups is 2. The van der Waals surface area contributed by atoms with Gasteiger partial charge in [0.15, 0.2) is 5.82 Å². The second-order valence-electron chi connectivity index (χ2n) is 3.56. The molecule has 2 aromatic heterocycles. The minimum absolute atomic E-state index is 0.440. The number of nitrogens with one attached hydrogen (secondary N) is 2. The van der Waals surface area contributed by atoms with E-state index in [1.165, 1.54) is 11.3 Å². The summed E-state index contributed by atoms with van der Waals surface area (Å²) in [6.07, 6.45) is 0. The zero-order valence-electron chi connectivity index (χ0n) is 9.91. The number of H-pyrrole nitrogens is 1. The quantitative estimate of drug-likeness (QED) is 0.734. The Balaban J connectivity index is 2.00. The van der Waals surface area contributed by atoms with Crippen molar-refractivity contribution < 1.29 is 9.59 Å². The van der Waals surface area contributed by atoms with E-state index in [2.05, 4.69) is 15.2 Å².